The summed E-state index contributed by atoms with van der Waals surface area (Å²) in [6, 6.07) is 0. The van der Waals surface area contributed by atoms with E-state index in [1.54, 1.807) is 0 Å². The van der Waals surface area contributed by atoms with E-state index in [0.29, 0.717) is 6.54 Å². The second kappa shape index (κ2) is 6.22. The molecule has 14 heavy (non-hydrogen) atoms. The maximum Gasteiger partial charge on any atom is 0.233 e. The molecule has 0 aromatic heterocycles. The van der Waals surface area contributed by atoms with E-state index in [4.69, 9.17) is 11.5 Å². The lowest BCUT2D eigenvalue weighted by molar-refractivity contribution is -0.120. The number of halogens is 1. The summed E-state index contributed by atoms with van der Waals surface area (Å²) < 4.78 is 0. The molecule has 1 saturated carbocycles. The van der Waals surface area contributed by atoms with Crippen LogP contribution in [-0.2, 0) is 4.79 Å². The molecule has 0 aromatic carbocycles. The van der Waals surface area contributed by atoms with Gasteiger partial charge in [0.15, 0.2) is 0 Å². The third-order valence-corrected chi connectivity index (χ3v) is 2.67. The van der Waals surface area contributed by atoms with Gasteiger partial charge < -0.3 is 16.8 Å². The zero-order chi connectivity index (χ0) is 9.73. The number of carbonyl (C=O) groups excluding carboxylic acids is 1. The van der Waals surface area contributed by atoms with E-state index < -0.39 is 0 Å². The van der Waals surface area contributed by atoms with Crippen molar-refractivity contribution >= 4 is 18.3 Å². The van der Waals surface area contributed by atoms with Gasteiger partial charge in [-0.15, -0.1) is 12.4 Å². The third kappa shape index (κ3) is 4.26. The van der Waals surface area contributed by atoms with Crippen LogP contribution in [-0.4, -0.2) is 24.5 Å². The highest BCUT2D eigenvalue weighted by atomic mass is 35.5. The average molecular weight is 222 g/mol. The third-order valence-electron chi connectivity index (χ3n) is 2.67. The number of rotatable bonds is 3. The quantitative estimate of drug-likeness (QED) is 0.635. The van der Waals surface area contributed by atoms with Crippen molar-refractivity contribution in [1.82, 2.24) is 5.32 Å². The second-order valence-corrected chi connectivity index (χ2v) is 3.90. The molecule has 5 heteroatoms. The molecule has 4 nitrogen and oxygen atoms in total. The van der Waals surface area contributed by atoms with Gasteiger partial charge in [0.2, 0.25) is 5.91 Å². The van der Waals surface area contributed by atoms with Crippen LogP contribution < -0.4 is 16.8 Å². The SMILES string of the molecule is Cl.NCC(=O)NCC1(N)CCCCC1. The summed E-state index contributed by atoms with van der Waals surface area (Å²) in [6.07, 6.45) is 5.64. The van der Waals surface area contributed by atoms with Crippen molar-refractivity contribution in [2.24, 2.45) is 11.5 Å². The lowest BCUT2D eigenvalue weighted by atomic mass is 9.82. The molecule has 0 spiro atoms. The molecule has 1 aliphatic rings. The van der Waals surface area contributed by atoms with Crippen molar-refractivity contribution in [2.75, 3.05) is 13.1 Å². The van der Waals surface area contributed by atoms with Crippen molar-refractivity contribution in [3.05, 3.63) is 0 Å². The molecule has 0 atom stereocenters. The zero-order valence-corrected chi connectivity index (χ0v) is 9.24. The Balaban J connectivity index is 0.00000169. The van der Waals surface area contributed by atoms with Gasteiger partial charge in [0, 0.05) is 12.1 Å². The molecule has 0 saturated heterocycles. The van der Waals surface area contributed by atoms with Crippen molar-refractivity contribution < 1.29 is 4.79 Å². The Labute approximate surface area is 91.2 Å². The lowest BCUT2D eigenvalue weighted by Crippen LogP contribution is -2.52. The molecular weight excluding hydrogens is 202 g/mol. The van der Waals surface area contributed by atoms with Crippen LogP contribution in [0.15, 0.2) is 0 Å². The Hall–Kier alpha value is -0.320. The van der Waals surface area contributed by atoms with Gasteiger partial charge in [-0.25, -0.2) is 0 Å². The molecule has 0 heterocycles. The molecule has 0 aliphatic heterocycles. The number of nitrogens with one attached hydrogen (secondary N) is 1. The van der Waals surface area contributed by atoms with Crippen LogP contribution >= 0.6 is 12.4 Å². The van der Waals surface area contributed by atoms with E-state index in [0.717, 1.165) is 12.8 Å². The van der Waals surface area contributed by atoms with Gasteiger partial charge in [-0.2, -0.15) is 0 Å². The smallest absolute Gasteiger partial charge is 0.233 e. The van der Waals surface area contributed by atoms with Crippen molar-refractivity contribution in [3.63, 3.8) is 0 Å². The number of carbonyl (C=O) groups is 1. The van der Waals surface area contributed by atoms with E-state index in [1.165, 1.54) is 19.3 Å². The molecule has 5 N–H and O–H groups in total. The van der Waals surface area contributed by atoms with E-state index in [-0.39, 0.29) is 30.4 Å². The maximum absolute atomic E-state index is 10.9. The summed E-state index contributed by atoms with van der Waals surface area (Å²) in [5, 5.41) is 2.75. The van der Waals surface area contributed by atoms with Crippen molar-refractivity contribution in [1.29, 1.82) is 0 Å². The summed E-state index contributed by atoms with van der Waals surface area (Å²) in [7, 11) is 0. The lowest BCUT2D eigenvalue weighted by Gasteiger charge is -2.33. The summed E-state index contributed by atoms with van der Waals surface area (Å²) in [5.41, 5.74) is 11.1. The van der Waals surface area contributed by atoms with Crippen LogP contribution in [0.25, 0.3) is 0 Å². The molecule has 84 valence electrons. The van der Waals surface area contributed by atoms with Crippen LogP contribution in [0, 0.1) is 0 Å². The largest absolute Gasteiger partial charge is 0.353 e. The first kappa shape index (κ1) is 13.7. The van der Waals surface area contributed by atoms with Crippen LogP contribution in [0.4, 0.5) is 0 Å². The number of nitrogens with two attached hydrogens (primary N) is 2. The first-order chi connectivity index (χ1) is 6.16. The minimum atomic E-state index is -0.177. The predicted octanol–water partition coefficient (Wildman–Crippen LogP) is 0.145. The van der Waals surface area contributed by atoms with E-state index >= 15 is 0 Å². The Kier molecular flexibility index (Phi) is 6.08. The minimum Gasteiger partial charge on any atom is -0.353 e. The van der Waals surface area contributed by atoms with Crippen LogP contribution in [0.5, 0.6) is 0 Å². The van der Waals surface area contributed by atoms with E-state index in [1.807, 2.05) is 0 Å². The highest BCUT2D eigenvalue weighted by Gasteiger charge is 2.27. The summed E-state index contributed by atoms with van der Waals surface area (Å²) >= 11 is 0. The Morgan fingerprint density at radius 2 is 1.86 bits per heavy atom. The number of amides is 1. The fourth-order valence-corrected chi connectivity index (χ4v) is 1.78. The average Bonchev–Trinajstić information content (AvgIpc) is 2.15. The first-order valence-electron chi connectivity index (χ1n) is 4.92. The standard InChI is InChI=1S/C9H19N3O.ClH/c10-6-8(13)12-7-9(11)4-2-1-3-5-9;/h1-7,10-11H2,(H,12,13);1H. The number of hydrogen-bond donors (Lipinski definition) is 3. The van der Waals surface area contributed by atoms with E-state index in [9.17, 15) is 4.79 Å². The molecule has 1 amide bonds. The van der Waals surface area contributed by atoms with Crippen LogP contribution in [0.2, 0.25) is 0 Å². The monoisotopic (exact) mass is 221 g/mol. The first-order valence-corrected chi connectivity index (χ1v) is 4.92. The van der Waals surface area contributed by atoms with Gasteiger partial charge in [-0.3, -0.25) is 4.79 Å². The summed E-state index contributed by atoms with van der Waals surface area (Å²) in [5.74, 6) is -0.115. The van der Waals surface area contributed by atoms with Gasteiger partial charge in [-0.1, -0.05) is 19.3 Å². The molecule has 1 fully saturated rings. The highest BCUT2D eigenvalue weighted by Crippen LogP contribution is 2.24. The number of hydrogen-bond acceptors (Lipinski definition) is 3. The van der Waals surface area contributed by atoms with Crippen LogP contribution in [0.1, 0.15) is 32.1 Å². The van der Waals surface area contributed by atoms with Crippen molar-refractivity contribution in [3.8, 4) is 0 Å². The predicted molar refractivity (Wildman–Crippen MR) is 59.3 cm³/mol. The fourth-order valence-electron chi connectivity index (χ4n) is 1.78. The highest BCUT2D eigenvalue weighted by molar-refractivity contribution is 5.85. The van der Waals surface area contributed by atoms with E-state index in [2.05, 4.69) is 5.32 Å². The van der Waals surface area contributed by atoms with Gasteiger partial charge in [0.05, 0.1) is 6.54 Å². The van der Waals surface area contributed by atoms with Gasteiger partial charge in [0.1, 0.15) is 0 Å². The normalized spacial score (nSPS) is 19.6. The van der Waals surface area contributed by atoms with Crippen LogP contribution in [0.3, 0.4) is 0 Å². The van der Waals surface area contributed by atoms with Gasteiger partial charge >= 0.3 is 0 Å². The second-order valence-electron chi connectivity index (χ2n) is 3.90. The molecule has 0 bridgehead atoms. The molecule has 0 radical (unpaired) electrons. The molecular formula is C9H20ClN3O. The Bertz CT molecular complexity index is 181. The molecule has 0 aromatic rings. The zero-order valence-electron chi connectivity index (χ0n) is 8.42. The summed E-state index contributed by atoms with van der Waals surface area (Å²) in [4.78, 5) is 10.9. The Morgan fingerprint density at radius 1 is 1.29 bits per heavy atom. The molecule has 1 rings (SSSR count). The molecule has 1 aliphatic carbocycles. The van der Waals surface area contributed by atoms with Crippen molar-refractivity contribution in [2.45, 2.75) is 37.6 Å². The van der Waals surface area contributed by atoms with Gasteiger partial charge in [0.25, 0.3) is 0 Å². The topological polar surface area (TPSA) is 81.1 Å². The minimum absolute atomic E-state index is 0. The maximum atomic E-state index is 10.9. The molecule has 0 unspecified atom stereocenters. The fraction of sp³-hybridized carbons (Fsp3) is 0.889. The Morgan fingerprint density at radius 3 is 2.36 bits per heavy atom. The van der Waals surface area contributed by atoms with Gasteiger partial charge in [-0.05, 0) is 12.8 Å². The summed E-state index contributed by atoms with van der Waals surface area (Å²) in [6.45, 7) is 0.624.